The maximum atomic E-state index is 13.2. The summed E-state index contributed by atoms with van der Waals surface area (Å²) in [7, 11) is 0. The molecular weight excluding hydrogens is 305 g/mol. The van der Waals surface area contributed by atoms with Crippen LogP contribution in [-0.2, 0) is 0 Å². The van der Waals surface area contributed by atoms with Crippen molar-refractivity contribution in [3.05, 3.63) is 39.0 Å². The first-order chi connectivity index (χ1) is 8.08. The van der Waals surface area contributed by atoms with Gasteiger partial charge in [0, 0.05) is 17.6 Å². The molecule has 0 aliphatic carbocycles. The van der Waals surface area contributed by atoms with Crippen molar-refractivity contribution in [2.75, 3.05) is 11.1 Å². The Hall–Kier alpha value is -1.14. The molecule has 0 saturated carbocycles. The lowest BCUT2D eigenvalue weighted by molar-refractivity contribution is 0.622. The smallest absolute Gasteiger partial charge is 0.139 e. The van der Waals surface area contributed by atoms with E-state index < -0.39 is 0 Å². The molecule has 1 heterocycles. The lowest BCUT2D eigenvalue weighted by Crippen LogP contribution is -2.08. The van der Waals surface area contributed by atoms with Crippen LogP contribution in [0.25, 0.3) is 0 Å². The first-order valence-corrected chi connectivity index (χ1v) is 6.65. The van der Waals surface area contributed by atoms with Crippen LogP contribution in [0.5, 0.6) is 0 Å². The molecule has 90 valence electrons. The van der Waals surface area contributed by atoms with Gasteiger partial charge < -0.3 is 11.1 Å². The van der Waals surface area contributed by atoms with Gasteiger partial charge >= 0.3 is 0 Å². The molecule has 1 atom stereocenters. The Morgan fingerprint density at radius 2 is 2.29 bits per heavy atom. The molecule has 0 aliphatic heterocycles. The van der Waals surface area contributed by atoms with E-state index in [2.05, 4.69) is 26.2 Å². The van der Waals surface area contributed by atoms with Crippen LogP contribution in [0.2, 0.25) is 0 Å². The number of rotatable bonds is 3. The molecule has 1 aromatic carbocycles. The zero-order chi connectivity index (χ0) is 12.4. The van der Waals surface area contributed by atoms with Gasteiger partial charge in [-0.15, -0.1) is 11.3 Å². The van der Waals surface area contributed by atoms with Crippen molar-refractivity contribution in [3.63, 3.8) is 0 Å². The number of halogens is 2. The van der Waals surface area contributed by atoms with E-state index in [-0.39, 0.29) is 11.9 Å². The fourth-order valence-corrected chi connectivity index (χ4v) is 2.42. The van der Waals surface area contributed by atoms with Crippen LogP contribution in [0.15, 0.2) is 28.2 Å². The van der Waals surface area contributed by atoms with Gasteiger partial charge in [-0.1, -0.05) is 0 Å². The number of nitrogens with two attached hydrogens (primary N) is 1. The van der Waals surface area contributed by atoms with Crippen LogP contribution >= 0.6 is 27.3 Å². The number of thiazole rings is 1. The summed E-state index contributed by atoms with van der Waals surface area (Å²) >= 11 is 4.70. The number of aromatic nitrogens is 1. The van der Waals surface area contributed by atoms with Crippen LogP contribution < -0.4 is 11.1 Å². The van der Waals surface area contributed by atoms with Crippen LogP contribution in [-0.4, -0.2) is 4.98 Å². The number of benzene rings is 1. The van der Waals surface area contributed by atoms with Crippen molar-refractivity contribution in [3.8, 4) is 0 Å². The van der Waals surface area contributed by atoms with Crippen molar-refractivity contribution in [1.29, 1.82) is 0 Å². The zero-order valence-corrected chi connectivity index (χ0v) is 11.5. The molecule has 1 aromatic heterocycles. The molecule has 3 nitrogen and oxygen atoms in total. The number of hydrogen-bond acceptors (Lipinski definition) is 4. The van der Waals surface area contributed by atoms with E-state index in [1.54, 1.807) is 23.6 Å². The first kappa shape index (κ1) is 12.3. The number of anilines is 2. The third-order valence-corrected chi connectivity index (χ3v) is 3.85. The van der Waals surface area contributed by atoms with Crippen molar-refractivity contribution < 1.29 is 4.39 Å². The second-order valence-corrected chi connectivity index (χ2v) is 5.37. The molecule has 6 heteroatoms. The Morgan fingerprint density at radius 1 is 1.53 bits per heavy atom. The van der Waals surface area contributed by atoms with Gasteiger partial charge in [-0.3, -0.25) is 0 Å². The van der Waals surface area contributed by atoms with Gasteiger partial charge in [-0.05, 0) is 28.9 Å². The second kappa shape index (κ2) is 5.01. The minimum absolute atomic E-state index is 0.0367. The average Bonchev–Trinajstić information content (AvgIpc) is 2.79. The minimum atomic E-state index is -0.366. The van der Waals surface area contributed by atoms with E-state index in [1.807, 2.05) is 12.3 Å². The number of hydrogen-bond donors (Lipinski definition) is 2. The van der Waals surface area contributed by atoms with Gasteiger partial charge in [-0.25, -0.2) is 9.37 Å². The molecule has 3 N–H and O–H groups in total. The van der Waals surface area contributed by atoms with Crippen LogP contribution in [0.1, 0.15) is 18.0 Å². The van der Waals surface area contributed by atoms with Gasteiger partial charge in [0.1, 0.15) is 10.8 Å². The molecule has 17 heavy (non-hydrogen) atoms. The normalized spacial score (nSPS) is 12.4. The van der Waals surface area contributed by atoms with E-state index >= 15 is 0 Å². The molecule has 0 saturated heterocycles. The van der Waals surface area contributed by atoms with Crippen LogP contribution in [0.4, 0.5) is 15.8 Å². The lowest BCUT2D eigenvalue weighted by Gasteiger charge is -2.15. The maximum Gasteiger partial charge on any atom is 0.139 e. The van der Waals surface area contributed by atoms with Crippen molar-refractivity contribution in [1.82, 2.24) is 4.98 Å². The Morgan fingerprint density at radius 3 is 2.94 bits per heavy atom. The van der Waals surface area contributed by atoms with Crippen molar-refractivity contribution in [2.45, 2.75) is 13.0 Å². The van der Waals surface area contributed by atoms with Crippen molar-refractivity contribution >= 4 is 38.6 Å². The molecule has 0 radical (unpaired) electrons. The molecule has 0 bridgehead atoms. The Kier molecular flexibility index (Phi) is 3.63. The molecule has 0 aliphatic rings. The third kappa shape index (κ3) is 2.76. The summed E-state index contributed by atoms with van der Waals surface area (Å²) < 4.78 is 13.6. The van der Waals surface area contributed by atoms with Gasteiger partial charge in [-0.2, -0.15) is 0 Å². The fraction of sp³-hybridized carbons (Fsp3) is 0.182. The summed E-state index contributed by atoms with van der Waals surface area (Å²) in [5.41, 5.74) is 6.83. The van der Waals surface area contributed by atoms with E-state index in [0.717, 1.165) is 5.01 Å². The molecule has 0 spiro atoms. The third-order valence-electron chi connectivity index (χ3n) is 2.29. The predicted octanol–water partition coefficient (Wildman–Crippen LogP) is 3.80. The summed E-state index contributed by atoms with van der Waals surface area (Å²) in [6.07, 6.45) is 1.75. The molecular formula is C11H11BrFN3S. The van der Waals surface area contributed by atoms with E-state index in [1.165, 1.54) is 6.07 Å². The Balaban J connectivity index is 2.22. The summed E-state index contributed by atoms with van der Waals surface area (Å²) in [6, 6.07) is 2.96. The maximum absolute atomic E-state index is 13.2. The topological polar surface area (TPSA) is 50.9 Å². The lowest BCUT2D eigenvalue weighted by atomic mass is 10.2. The monoisotopic (exact) mass is 315 g/mol. The van der Waals surface area contributed by atoms with Gasteiger partial charge in [0.2, 0.25) is 0 Å². The SMILES string of the molecule is CC(Nc1cc(Br)c(F)cc1N)c1nccs1. The molecule has 0 fully saturated rings. The van der Waals surface area contributed by atoms with Crippen LogP contribution in [0, 0.1) is 5.82 Å². The molecule has 0 amide bonds. The predicted molar refractivity (Wildman–Crippen MR) is 72.7 cm³/mol. The fourth-order valence-electron chi connectivity index (χ4n) is 1.43. The summed E-state index contributed by atoms with van der Waals surface area (Å²) in [6.45, 7) is 1.98. The van der Waals surface area contributed by atoms with E-state index in [4.69, 9.17) is 5.73 Å². The van der Waals surface area contributed by atoms with E-state index in [0.29, 0.717) is 15.8 Å². The largest absolute Gasteiger partial charge is 0.397 e. The minimum Gasteiger partial charge on any atom is -0.397 e. The first-order valence-electron chi connectivity index (χ1n) is 4.98. The van der Waals surface area contributed by atoms with Gasteiger partial charge in [0.15, 0.2) is 0 Å². The molecule has 2 rings (SSSR count). The van der Waals surface area contributed by atoms with Crippen LogP contribution in [0.3, 0.4) is 0 Å². The summed E-state index contributed by atoms with van der Waals surface area (Å²) in [5.74, 6) is -0.366. The van der Waals surface area contributed by atoms with Gasteiger partial charge in [0.25, 0.3) is 0 Å². The quantitative estimate of drug-likeness (QED) is 0.847. The molecule has 1 unspecified atom stereocenters. The number of nitrogens with one attached hydrogen (secondary N) is 1. The zero-order valence-electron chi connectivity index (χ0n) is 9.08. The highest BCUT2D eigenvalue weighted by Crippen LogP contribution is 2.29. The highest BCUT2D eigenvalue weighted by molar-refractivity contribution is 9.10. The standard InChI is InChI=1S/C11H11BrFN3S/c1-6(11-15-2-3-17-11)16-10-4-7(12)8(13)5-9(10)14/h2-6,16H,14H2,1H3. The second-order valence-electron chi connectivity index (χ2n) is 3.59. The van der Waals surface area contributed by atoms with Crippen molar-refractivity contribution in [2.24, 2.45) is 0 Å². The number of nitrogen functional groups attached to an aromatic ring is 1. The van der Waals surface area contributed by atoms with E-state index in [9.17, 15) is 4.39 Å². The Bertz CT molecular complexity index is 516. The Labute approximate surface area is 111 Å². The highest BCUT2D eigenvalue weighted by atomic mass is 79.9. The highest BCUT2D eigenvalue weighted by Gasteiger charge is 2.11. The summed E-state index contributed by atoms with van der Waals surface area (Å²) in [5, 5.41) is 6.08. The molecule has 2 aromatic rings. The average molecular weight is 316 g/mol. The van der Waals surface area contributed by atoms with Gasteiger partial charge in [0.05, 0.1) is 21.9 Å². The number of nitrogens with zero attached hydrogens (tertiary/aromatic N) is 1. The summed E-state index contributed by atoms with van der Waals surface area (Å²) in [4.78, 5) is 4.21.